The molecule has 4 rings (SSSR count). The Balaban J connectivity index is 1.85. The SMILES string of the molecule is CCCCC/C=C/C=C/[C@H](C/C=C/C=C/C(=O)O[C@H]1[C@@H]2O[Si](C(C)(C)C)(C(C)(C)C)OC[C@H]2O[C@]2(OCc3cc(O[Si](C(C)C)(C(C)C)C(C)C)cc(O[Si](C(C)C)(C(C)C)C(C)C)c32)[C@@H]1O)O[Si](CC)(CC)CC. The lowest BCUT2D eigenvalue weighted by Crippen LogP contribution is -2.73. The molecular formula is C61H108O10Si4. The van der Waals surface area contributed by atoms with Crippen molar-refractivity contribution in [1.29, 1.82) is 0 Å². The van der Waals surface area contributed by atoms with Crippen LogP contribution in [-0.2, 0) is 44.7 Å². The molecule has 0 amide bonds. The molecule has 10 nitrogen and oxygen atoms in total. The Morgan fingerprint density at radius 2 is 1.31 bits per heavy atom. The highest BCUT2D eigenvalue weighted by Crippen LogP contribution is 2.59. The summed E-state index contributed by atoms with van der Waals surface area (Å²) < 4.78 is 57.1. The summed E-state index contributed by atoms with van der Waals surface area (Å²) in [6, 6.07) is 7.31. The maximum Gasteiger partial charge on any atom is 0.349 e. The number of allylic oxidation sites excluding steroid dienone is 5. The van der Waals surface area contributed by atoms with Gasteiger partial charge in [-0.05, 0) is 82.3 Å². The van der Waals surface area contributed by atoms with E-state index in [4.69, 9.17) is 36.3 Å². The highest BCUT2D eigenvalue weighted by molar-refractivity contribution is 6.79. The molecule has 1 aromatic rings. The monoisotopic (exact) mass is 1110 g/mol. The van der Waals surface area contributed by atoms with E-state index in [9.17, 15) is 9.90 Å². The summed E-state index contributed by atoms with van der Waals surface area (Å²) in [5.41, 5.74) is 3.18. The minimum Gasteiger partial charge on any atom is -0.543 e. The van der Waals surface area contributed by atoms with Crippen LogP contribution >= 0.6 is 0 Å². The molecule has 0 aliphatic carbocycles. The standard InChI is InChI=1S/C61H108O10Si4/c1-23-27-28-29-30-31-33-36-50(68-72(24-2,25-3)26-4)37-34-32-35-38-54(62)66-57-56-53(42-65-75(71-56,59(17,18)19)60(20,21)22)67-61(58(57)63)55-49(41-64-61)39-51(69-73(43(5)6,44(7)8)45(9)10)40-52(55)70-74(46(11)12,47(13)14)48(15)16/h30-36,38-40,43-48,50,53,56-58,63H,23-29,37,41-42H2,1-22H3/b31-30+,34-32+,36-33+,38-35+/t50-,53-,56-,57+,58-,61+/m1/s1. The van der Waals surface area contributed by atoms with Crippen molar-refractivity contribution in [3.8, 4) is 11.5 Å². The van der Waals surface area contributed by atoms with E-state index < -0.39 is 79.8 Å². The van der Waals surface area contributed by atoms with Crippen LogP contribution in [0, 0.1) is 0 Å². The third-order valence-corrected chi connectivity index (χ3v) is 39.2. The third kappa shape index (κ3) is 13.9. The van der Waals surface area contributed by atoms with Crippen molar-refractivity contribution in [3.05, 3.63) is 71.9 Å². The second kappa shape index (κ2) is 26.9. The molecule has 2 fully saturated rings. The average Bonchev–Trinajstić information content (AvgIpc) is 3.69. The number of rotatable bonds is 26. The Kier molecular flexibility index (Phi) is 23.4. The first kappa shape index (κ1) is 65.4. The number of aliphatic hydroxyl groups excluding tert-OH is 1. The molecule has 3 heterocycles. The van der Waals surface area contributed by atoms with Crippen LogP contribution in [0.5, 0.6) is 11.5 Å². The molecule has 75 heavy (non-hydrogen) atoms. The van der Waals surface area contributed by atoms with Crippen molar-refractivity contribution in [2.24, 2.45) is 0 Å². The number of ether oxygens (including phenoxy) is 3. The maximum atomic E-state index is 14.3. The van der Waals surface area contributed by atoms with Crippen LogP contribution in [-0.4, -0.2) is 81.7 Å². The summed E-state index contributed by atoms with van der Waals surface area (Å²) in [7, 11) is -10.2. The molecule has 14 heteroatoms. The van der Waals surface area contributed by atoms with Crippen LogP contribution in [0.2, 0.25) is 61.5 Å². The minimum atomic E-state index is -3.17. The van der Waals surface area contributed by atoms with E-state index in [1.54, 1.807) is 6.08 Å². The van der Waals surface area contributed by atoms with Crippen molar-refractivity contribution >= 4 is 39.5 Å². The average molecular weight is 1110 g/mol. The third-order valence-electron chi connectivity index (χ3n) is 17.4. The second-order valence-corrected chi connectivity index (χ2v) is 46.2. The first-order valence-corrected chi connectivity index (χ1v) is 38.0. The molecule has 428 valence electrons. The van der Waals surface area contributed by atoms with Crippen molar-refractivity contribution in [1.82, 2.24) is 0 Å². The molecule has 1 spiro atoms. The molecule has 6 atom stereocenters. The van der Waals surface area contributed by atoms with Gasteiger partial charge in [0, 0.05) is 22.2 Å². The van der Waals surface area contributed by atoms with Gasteiger partial charge in [0.1, 0.15) is 23.7 Å². The van der Waals surface area contributed by atoms with Gasteiger partial charge in [0.15, 0.2) is 20.5 Å². The van der Waals surface area contributed by atoms with E-state index >= 15 is 0 Å². The number of hydrogen-bond acceptors (Lipinski definition) is 10. The number of carbonyl (C=O) groups is 1. The number of esters is 1. The lowest BCUT2D eigenvalue weighted by Gasteiger charge is -2.59. The number of hydrogen-bond donors (Lipinski definition) is 1. The fraction of sp³-hybridized carbons (Fsp3) is 0.754. The Morgan fingerprint density at radius 1 is 0.760 bits per heavy atom. The Bertz CT molecular complexity index is 2030. The van der Waals surface area contributed by atoms with Gasteiger partial charge in [-0.2, -0.15) is 0 Å². The number of carbonyl (C=O) groups excluding carboxylic acids is 1. The maximum absolute atomic E-state index is 14.3. The largest absolute Gasteiger partial charge is 0.543 e. The van der Waals surface area contributed by atoms with E-state index in [1.807, 2.05) is 12.1 Å². The Labute approximate surface area is 462 Å². The summed E-state index contributed by atoms with van der Waals surface area (Å²) in [4.78, 5) is 14.3. The van der Waals surface area contributed by atoms with E-state index in [-0.39, 0.29) is 35.9 Å². The fourth-order valence-corrected chi connectivity index (χ4v) is 31.9. The fourth-order valence-electron chi connectivity index (χ4n) is 13.6. The lowest BCUT2D eigenvalue weighted by molar-refractivity contribution is -0.373. The van der Waals surface area contributed by atoms with Gasteiger partial charge >= 0.3 is 14.5 Å². The lowest BCUT2D eigenvalue weighted by atomic mass is 9.87. The van der Waals surface area contributed by atoms with E-state index in [1.165, 1.54) is 25.3 Å². The van der Waals surface area contributed by atoms with Crippen LogP contribution < -0.4 is 8.85 Å². The van der Waals surface area contributed by atoms with Gasteiger partial charge in [0.05, 0.1) is 24.9 Å². The molecule has 0 unspecified atom stereocenters. The van der Waals surface area contributed by atoms with Gasteiger partial charge < -0.3 is 41.4 Å². The molecule has 0 bridgehead atoms. The van der Waals surface area contributed by atoms with Crippen LogP contribution in [0.3, 0.4) is 0 Å². The molecule has 1 aromatic carbocycles. The summed E-state index contributed by atoms with van der Waals surface area (Å²) in [5, 5.41) is 12.5. The number of unbranched alkanes of at least 4 members (excludes halogenated alkanes) is 3. The van der Waals surface area contributed by atoms with Gasteiger partial charge in [0.2, 0.25) is 5.79 Å². The summed E-state index contributed by atoms with van der Waals surface area (Å²) in [6.45, 7) is 49.6. The summed E-state index contributed by atoms with van der Waals surface area (Å²) in [5.74, 6) is -1.05. The zero-order valence-corrected chi connectivity index (χ0v) is 55.3. The first-order chi connectivity index (χ1) is 35.0. The quantitative estimate of drug-likeness (QED) is 0.0316. The smallest absolute Gasteiger partial charge is 0.349 e. The van der Waals surface area contributed by atoms with Crippen LogP contribution in [0.4, 0.5) is 0 Å². The van der Waals surface area contributed by atoms with Crippen molar-refractivity contribution in [2.45, 2.75) is 289 Å². The van der Waals surface area contributed by atoms with E-state index in [2.05, 4.69) is 189 Å². The molecule has 3 aliphatic heterocycles. The van der Waals surface area contributed by atoms with Gasteiger partial charge in [-0.25, -0.2) is 4.79 Å². The van der Waals surface area contributed by atoms with Crippen molar-refractivity contribution < 1.29 is 46.2 Å². The highest BCUT2D eigenvalue weighted by Gasteiger charge is 2.69. The van der Waals surface area contributed by atoms with Crippen LogP contribution in [0.1, 0.15) is 196 Å². The molecular weight excluding hydrogens is 1010 g/mol. The molecule has 2 saturated heterocycles. The molecule has 1 N–H and O–H groups in total. The molecule has 3 aliphatic rings. The second-order valence-electron chi connectivity index (χ2n) is 26.0. The Morgan fingerprint density at radius 3 is 1.83 bits per heavy atom. The molecule has 0 radical (unpaired) electrons. The number of fused-ring (bicyclic) bond motifs is 3. The number of benzene rings is 1. The Hall–Kier alpha value is -2.12. The van der Waals surface area contributed by atoms with Gasteiger partial charge in [-0.1, -0.05) is 208 Å². The normalized spacial score (nSPS) is 23.4. The van der Waals surface area contributed by atoms with Gasteiger partial charge in [-0.15, -0.1) is 0 Å². The van der Waals surface area contributed by atoms with E-state index in [0.717, 1.165) is 35.9 Å². The summed E-state index contributed by atoms with van der Waals surface area (Å²) in [6.07, 6.45) is 16.7. The van der Waals surface area contributed by atoms with Crippen molar-refractivity contribution in [2.75, 3.05) is 6.61 Å². The highest BCUT2D eigenvalue weighted by atomic mass is 28.4. The van der Waals surface area contributed by atoms with Gasteiger partial charge in [-0.3, -0.25) is 0 Å². The molecule has 0 aromatic heterocycles. The van der Waals surface area contributed by atoms with Gasteiger partial charge in [0.25, 0.3) is 16.6 Å². The minimum absolute atomic E-state index is 0.0786. The predicted molar refractivity (Wildman–Crippen MR) is 320 cm³/mol. The van der Waals surface area contributed by atoms with Crippen LogP contribution in [0.25, 0.3) is 0 Å². The number of aliphatic hydroxyl groups is 1. The zero-order valence-electron chi connectivity index (χ0n) is 51.3. The van der Waals surface area contributed by atoms with Crippen LogP contribution in [0.15, 0.2) is 60.7 Å². The van der Waals surface area contributed by atoms with Crippen molar-refractivity contribution in [3.63, 3.8) is 0 Å². The predicted octanol–water partition coefficient (Wildman–Crippen LogP) is 17.2. The first-order valence-electron chi connectivity index (χ1n) is 29.4. The van der Waals surface area contributed by atoms with E-state index in [0.29, 0.717) is 34.4 Å². The zero-order chi connectivity index (χ0) is 56.5. The topological polar surface area (TPSA) is 111 Å². The molecule has 0 saturated carbocycles. The summed E-state index contributed by atoms with van der Waals surface area (Å²) >= 11 is 0.